The van der Waals surface area contributed by atoms with Crippen LogP contribution in [-0.2, 0) is 0 Å². The number of hydrogen-bond acceptors (Lipinski definition) is 2. The number of piperidine rings is 1. The zero-order valence-corrected chi connectivity index (χ0v) is 13.3. The normalized spacial score (nSPS) is 23.1. The number of hydrogen-bond donors (Lipinski definition) is 2. The molecule has 0 aromatic heterocycles. The number of carbonyl (C=O) groups excluding carboxylic acids is 1. The van der Waals surface area contributed by atoms with Crippen LogP contribution in [0.4, 0.5) is 0 Å². The minimum atomic E-state index is -0.107. The van der Waals surface area contributed by atoms with E-state index in [1.54, 1.807) is 12.1 Å². The first-order valence-electron chi connectivity index (χ1n) is 6.44. The predicted molar refractivity (Wildman–Crippen MR) is 81.7 cm³/mol. The molecule has 19 heavy (non-hydrogen) atoms. The summed E-state index contributed by atoms with van der Waals surface area (Å²) in [5.74, 6) is -0.107. The number of halogens is 2. The Morgan fingerprint density at radius 2 is 2.37 bits per heavy atom. The number of rotatable bonds is 3. The molecule has 1 atom stereocenters. The van der Waals surface area contributed by atoms with Crippen LogP contribution in [0, 0.1) is 5.41 Å². The molecule has 1 aromatic carbocycles. The molecule has 1 unspecified atom stereocenters. The lowest BCUT2D eigenvalue weighted by molar-refractivity contribution is 0.0925. The maximum absolute atomic E-state index is 12.1. The highest BCUT2D eigenvalue weighted by molar-refractivity contribution is 9.10. The maximum Gasteiger partial charge on any atom is 0.252 e. The molecule has 1 saturated heterocycles. The summed E-state index contributed by atoms with van der Waals surface area (Å²) in [6.07, 6.45) is 2.29. The third-order valence-electron chi connectivity index (χ3n) is 3.54. The highest BCUT2D eigenvalue weighted by Crippen LogP contribution is 2.25. The molecule has 5 heteroatoms. The Morgan fingerprint density at radius 1 is 1.58 bits per heavy atom. The van der Waals surface area contributed by atoms with Crippen LogP contribution in [0.2, 0.25) is 5.02 Å². The lowest BCUT2D eigenvalue weighted by Gasteiger charge is -2.34. The first-order chi connectivity index (χ1) is 9.00. The van der Waals surface area contributed by atoms with Gasteiger partial charge in [0.05, 0.1) is 10.6 Å². The van der Waals surface area contributed by atoms with Gasteiger partial charge in [0.15, 0.2) is 0 Å². The molecule has 1 amide bonds. The molecule has 0 saturated carbocycles. The van der Waals surface area contributed by atoms with Gasteiger partial charge in [-0.1, -0.05) is 34.5 Å². The Labute approximate surface area is 127 Å². The molecule has 0 spiro atoms. The molecule has 1 aliphatic heterocycles. The van der Waals surface area contributed by atoms with E-state index < -0.39 is 0 Å². The molecular weight excluding hydrogens is 328 g/mol. The summed E-state index contributed by atoms with van der Waals surface area (Å²) >= 11 is 9.41. The van der Waals surface area contributed by atoms with E-state index in [1.807, 2.05) is 6.07 Å². The molecule has 1 aromatic rings. The third-order valence-corrected chi connectivity index (χ3v) is 4.34. The van der Waals surface area contributed by atoms with Gasteiger partial charge in [-0.2, -0.15) is 0 Å². The maximum atomic E-state index is 12.1. The Kier molecular flexibility index (Phi) is 4.87. The third kappa shape index (κ3) is 3.94. The molecule has 1 heterocycles. The molecule has 0 aliphatic carbocycles. The quantitative estimate of drug-likeness (QED) is 0.883. The van der Waals surface area contributed by atoms with E-state index in [1.165, 1.54) is 0 Å². The van der Waals surface area contributed by atoms with Crippen LogP contribution < -0.4 is 10.6 Å². The summed E-state index contributed by atoms with van der Waals surface area (Å²) in [5.41, 5.74) is 0.660. The molecule has 0 radical (unpaired) electrons. The van der Waals surface area contributed by atoms with Crippen molar-refractivity contribution < 1.29 is 4.79 Å². The highest BCUT2D eigenvalue weighted by Gasteiger charge is 2.27. The molecule has 104 valence electrons. The van der Waals surface area contributed by atoms with Gasteiger partial charge < -0.3 is 10.6 Å². The van der Waals surface area contributed by atoms with Crippen LogP contribution >= 0.6 is 27.5 Å². The second-order valence-corrected chi connectivity index (χ2v) is 6.72. The van der Waals surface area contributed by atoms with E-state index in [0.29, 0.717) is 17.1 Å². The monoisotopic (exact) mass is 344 g/mol. The van der Waals surface area contributed by atoms with Crippen molar-refractivity contribution in [3.05, 3.63) is 33.3 Å². The van der Waals surface area contributed by atoms with Gasteiger partial charge in [-0.3, -0.25) is 4.79 Å². The standard InChI is InChI=1S/C14H18BrClN2O/c1-14(5-2-6-17-8-14)9-18-13(19)11-4-3-10(15)7-12(11)16/h3-4,7,17H,2,5-6,8-9H2,1H3,(H,18,19). The largest absolute Gasteiger partial charge is 0.351 e. The van der Waals surface area contributed by atoms with Crippen LogP contribution in [-0.4, -0.2) is 25.5 Å². The molecule has 2 rings (SSSR count). The van der Waals surface area contributed by atoms with Crippen LogP contribution in [0.15, 0.2) is 22.7 Å². The first-order valence-corrected chi connectivity index (χ1v) is 7.61. The summed E-state index contributed by atoms with van der Waals surface area (Å²) in [5, 5.41) is 6.84. The van der Waals surface area contributed by atoms with Gasteiger partial charge in [-0.05, 0) is 43.0 Å². The number of carbonyl (C=O) groups is 1. The van der Waals surface area contributed by atoms with Gasteiger partial charge >= 0.3 is 0 Å². The fraction of sp³-hybridized carbons (Fsp3) is 0.500. The van der Waals surface area contributed by atoms with E-state index in [4.69, 9.17) is 11.6 Å². The van der Waals surface area contributed by atoms with E-state index in [0.717, 1.165) is 30.4 Å². The fourth-order valence-corrected chi connectivity index (χ4v) is 3.09. The minimum Gasteiger partial charge on any atom is -0.351 e. The van der Waals surface area contributed by atoms with Gasteiger partial charge in [-0.25, -0.2) is 0 Å². The van der Waals surface area contributed by atoms with E-state index >= 15 is 0 Å². The summed E-state index contributed by atoms with van der Waals surface area (Å²) in [6.45, 7) is 4.89. The van der Waals surface area contributed by atoms with Crippen molar-refractivity contribution in [1.29, 1.82) is 0 Å². The van der Waals surface area contributed by atoms with E-state index in [-0.39, 0.29) is 11.3 Å². The topological polar surface area (TPSA) is 41.1 Å². The van der Waals surface area contributed by atoms with Gasteiger partial charge in [-0.15, -0.1) is 0 Å². The number of benzene rings is 1. The summed E-state index contributed by atoms with van der Waals surface area (Å²) < 4.78 is 0.873. The first kappa shape index (κ1) is 14.8. The summed E-state index contributed by atoms with van der Waals surface area (Å²) in [4.78, 5) is 12.1. The van der Waals surface area contributed by atoms with Crippen LogP contribution in [0.25, 0.3) is 0 Å². The molecule has 1 fully saturated rings. The molecular formula is C14H18BrClN2O. The molecule has 0 bridgehead atoms. The van der Waals surface area contributed by atoms with Gasteiger partial charge in [0.1, 0.15) is 0 Å². The minimum absolute atomic E-state index is 0.107. The van der Waals surface area contributed by atoms with Crippen LogP contribution in [0.1, 0.15) is 30.1 Å². The van der Waals surface area contributed by atoms with Crippen LogP contribution in [0.5, 0.6) is 0 Å². The van der Waals surface area contributed by atoms with Gasteiger partial charge in [0.2, 0.25) is 0 Å². The summed E-state index contributed by atoms with van der Waals surface area (Å²) in [7, 11) is 0. The predicted octanol–water partition coefficient (Wildman–Crippen LogP) is 3.22. The molecule has 3 nitrogen and oxygen atoms in total. The lowest BCUT2D eigenvalue weighted by atomic mass is 9.83. The van der Waals surface area contributed by atoms with Crippen molar-refractivity contribution in [2.24, 2.45) is 5.41 Å². The average molecular weight is 346 g/mol. The SMILES string of the molecule is CC1(CNC(=O)c2ccc(Br)cc2Cl)CCCNC1. The fourth-order valence-electron chi connectivity index (χ4n) is 2.33. The van der Waals surface area contributed by atoms with E-state index in [9.17, 15) is 4.79 Å². The smallest absolute Gasteiger partial charge is 0.252 e. The van der Waals surface area contributed by atoms with E-state index in [2.05, 4.69) is 33.5 Å². The second-order valence-electron chi connectivity index (χ2n) is 5.40. The van der Waals surface area contributed by atoms with Crippen LogP contribution in [0.3, 0.4) is 0 Å². The summed E-state index contributed by atoms with van der Waals surface area (Å²) in [6, 6.07) is 5.30. The van der Waals surface area contributed by atoms with Gasteiger partial charge in [0, 0.05) is 17.6 Å². The zero-order chi connectivity index (χ0) is 13.9. The molecule has 1 aliphatic rings. The Morgan fingerprint density at radius 3 is 3.00 bits per heavy atom. The van der Waals surface area contributed by atoms with Crippen molar-refractivity contribution >= 4 is 33.4 Å². The van der Waals surface area contributed by atoms with Gasteiger partial charge in [0.25, 0.3) is 5.91 Å². The van der Waals surface area contributed by atoms with Crippen molar-refractivity contribution in [2.45, 2.75) is 19.8 Å². The lowest BCUT2D eigenvalue weighted by Crippen LogP contribution is -2.45. The van der Waals surface area contributed by atoms with Crippen molar-refractivity contribution in [3.8, 4) is 0 Å². The highest BCUT2D eigenvalue weighted by atomic mass is 79.9. The number of nitrogens with one attached hydrogen (secondary N) is 2. The zero-order valence-electron chi connectivity index (χ0n) is 10.9. The second kappa shape index (κ2) is 6.25. The number of amides is 1. The molecule has 2 N–H and O–H groups in total. The van der Waals surface area contributed by atoms with Crippen molar-refractivity contribution in [1.82, 2.24) is 10.6 Å². The Bertz CT molecular complexity index is 473. The average Bonchev–Trinajstić information content (AvgIpc) is 2.37. The Hall–Kier alpha value is -0.580. The van der Waals surface area contributed by atoms with Crippen molar-refractivity contribution in [3.63, 3.8) is 0 Å². The Balaban J connectivity index is 1.97. The van der Waals surface area contributed by atoms with Crippen molar-refractivity contribution in [2.75, 3.05) is 19.6 Å².